The number of hydrogen-bond donors (Lipinski definition) is 1. The van der Waals surface area contributed by atoms with Crippen LogP contribution in [0.15, 0.2) is 36.7 Å². The summed E-state index contributed by atoms with van der Waals surface area (Å²) in [6.07, 6.45) is 3.63. The highest BCUT2D eigenvalue weighted by atomic mass is 16.5. The first-order chi connectivity index (χ1) is 13.5. The van der Waals surface area contributed by atoms with Crippen molar-refractivity contribution in [3.8, 4) is 17.0 Å². The molecular weight excluding hydrogens is 354 g/mol. The molecule has 4 rings (SSSR count). The molecule has 3 aromatic heterocycles. The molecule has 0 aromatic carbocycles. The predicted octanol–water partition coefficient (Wildman–Crippen LogP) is 3.08. The van der Waals surface area contributed by atoms with Crippen molar-refractivity contribution in [3.05, 3.63) is 36.7 Å². The Morgan fingerprint density at radius 3 is 2.68 bits per heavy atom. The lowest BCUT2D eigenvalue weighted by Gasteiger charge is -2.44. The molecule has 146 valence electrons. The van der Waals surface area contributed by atoms with E-state index in [9.17, 15) is 4.79 Å². The average molecular weight is 379 g/mol. The average Bonchev–Trinajstić information content (AvgIpc) is 3.10. The summed E-state index contributed by atoms with van der Waals surface area (Å²) in [6, 6.07) is 8.32. The van der Waals surface area contributed by atoms with Crippen LogP contribution in [0.4, 0.5) is 5.82 Å². The number of H-pyrrole nitrogens is 1. The lowest BCUT2D eigenvalue weighted by molar-refractivity contribution is -0.133. The zero-order valence-corrected chi connectivity index (χ0v) is 16.6. The predicted molar refractivity (Wildman–Crippen MR) is 110 cm³/mol. The van der Waals surface area contributed by atoms with E-state index in [2.05, 4.69) is 28.7 Å². The Kier molecular flexibility index (Phi) is 4.66. The highest BCUT2D eigenvalue weighted by molar-refractivity contribution is 5.93. The molecule has 0 bridgehead atoms. The number of ether oxygens (including phenoxy) is 1. The van der Waals surface area contributed by atoms with Gasteiger partial charge in [-0.3, -0.25) is 4.79 Å². The monoisotopic (exact) mass is 379 g/mol. The number of rotatable bonds is 3. The van der Waals surface area contributed by atoms with Gasteiger partial charge < -0.3 is 19.5 Å². The molecule has 2 atom stereocenters. The molecule has 1 N–H and O–H groups in total. The van der Waals surface area contributed by atoms with E-state index in [1.165, 1.54) is 0 Å². The van der Waals surface area contributed by atoms with Crippen molar-refractivity contribution in [3.63, 3.8) is 0 Å². The lowest BCUT2D eigenvalue weighted by atomic mass is 10.1. The number of piperazine rings is 1. The van der Waals surface area contributed by atoms with Gasteiger partial charge in [0.1, 0.15) is 17.2 Å². The molecular formula is C21H25N5O2. The van der Waals surface area contributed by atoms with E-state index >= 15 is 0 Å². The van der Waals surface area contributed by atoms with Crippen molar-refractivity contribution in [2.75, 3.05) is 25.1 Å². The molecule has 4 heterocycles. The smallest absolute Gasteiger partial charge is 0.220 e. The van der Waals surface area contributed by atoms with Crippen LogP contribution in [-0.4, -0.2) is 58.0 Å². The van der Waals surface area contributed by atoms with Crippen LogP contribution in [0.25, 0.3) is 22.3 Å². The van der Waals surface area contributed by atoms with Crippen LogP contribution in [0.1, 0.15) is 20.8 Å². The molecule has 0 aliphatic carbocycles. The SMILES string of the molecule is COc1cnc2[nH]cc(-c3cccc(N4C[C@@H](C)N(C(C)=O)[C@@H](C)C4)n3)c2c1. The molecule has 1 aliphatic rings. The number of carbonyl (C=O) groups is 1. The van der Waals surface area contributed by atoms with Gasteiger partial charge in [0.25, 0.3) is 0 Å². The largest absolute Gasteiger partial charge is 0.495 e. The third-order valence-corrected chi connectivity index (χ3v) is 5.36. The van der Waals surface area contributed by atoms with Crippen molar-refractivity contribution in [1.82, 2.24) is 19.9 Å². The molecule has 1 fully saturated rings. The minimum Gasteiger partial charge on any atom is -0.495 e. The second kappa shape index (κ2) is 7.14. The maximum atomic E-state index is 11.9. The van der Waals surface area contributed by atoms with Crippen LogP contribution < -0.4 is 9.64 Å². The Hall–Kier alpha value is -3.09. The Balaban J connectivity index is 1.67. The van der Waals surface area contributed by atoms with Gasteiger partial charge in [-0.1, -0.05) is 6.07 Å². The summed E-state index contributed by atoms with van der Waals surface area (Å²) in [7, 11) is 1.64. The van der Waals surface area contributed by atoms with E-state index in [0.717, 1.165) is 41.2 Å². The number of pyridine rings is 2. The Bertz CT molecular complexity index is 1000. The van der Waals surface area contributed by atoms with E-state index in [-0.39, 0.29) is 18.0 Å². The number of carbonyl (C=O) groups excluding carboxylic acids is 1. The summed E-state index contributed by atoms with van der Waals surface area (Å²) in [5.74, 6) is 1.76. The summed E-state index contributed by atoms with van der Waals surface area (Å²) in [6.45, 7) is 7.35. The van der Waals surface area contributed by atoms with Gasteiger partial charge in [0.05, 0.1) is 19.0 Å². The van der Waals surface area contributed by atoms with E-state index in [1.807, 2.05) is 35.4 Å². The molecule has 0 saturated carbocycles. The van der Waals surface area contributed by atoms with Crippen molar-refractivity contribution >= 4 is 22.8 Å². The van der Waals surface area contributed by atoms with Crippen LogP contribution in [0.5, 0.6) is 5.75 Å². The van der Waals surface area contributed by atoms with Gasteiger partial charge >= 0.3 is 0 Å². The number of amides is 1. The van der Waals surface area contributed by atoms with E-state index < -0.39 is 0 Å². The minimum absolute atomic E-state index is 0.126. The lowest BCUT2D eigenvalue weighted by Crippen LogP contribution is -2.58. The van der Waals surface area contributed by atoms with Gasteiger partial charge in [0.15, 0.2) is 0 Å². The number of methoxy groups -OCH3 is 1. The van der Waals surface area contributed by atoms with Gasteiger partial charge in [0.2, 0.25) is 5.91 Å². The van der Waals surface area contributed by atoms with E-state index in [4.69, 9.17) is 9.72 Å². The van der Waals surface area contributed by atoms with Crippen LogP contribution in [0, 0.1) is 0 Å². The second-order valence-corrected chi connectivity index (χ2v) is 7.38. The van der Waals surface area contributed by atoms with Crippen molar-refractivity contribution in [1.29, 1.82) is 0 Å². The Morgan fingerprint density at radius 2 is 2.00 bits per heavy atom. The quantitative estimate of drug-likeness (QED) is 0.757. The number of aromatic nitrogens is 3. The molecule has 28 heavy (non-hydrogen) atoms. The van der Waals surface area contributed by atoms with Crippen LogP contribution in [-0.2, 0) is 4.79 Å². The number of nitrogens with one attached hydrogen (secondary N) is 1. The van der Waals surface area contributed by atoms with Crippen molar-refractivity contribution in [2.45, 2.75) is 32.9 Å². The van der Waals surface area contributed by atoms with Crippen LogP contribution in [0.2, 0.25) is 0 Å². The maximum Gasteiger partial charge on any atom is 0.220 e. The van der Waals surface area contributed by atoms with Gasteiger partial charge in [-0.05, 0) is 32.0 Å². The third-order valence-electron chi connectivity index (χ3n) is 5.36. The van der Waals surface area contributed by atoms with Crippen molar-refractivity contribution in [2.24, 2.45) is 0 Å². The number of aromatic amines is 1. The molecule has 7 nitrogen and oxygen atoms in total. The normalized spacial score (nSPS) is 19.9. The molecule has 0 radical (unpaired) electrons. The zero-order chi connectivity index (χ0) is 19.8. The molecule has 3 aromatic rings. The molecule has 1 amide bonds. The number of nitrogens with zero attached hydrogens (tertiary/aromatic N) is 4. The number of fused-ring (bicyclic) bond motifs is 1. The van der Waals surface area contributed by atoms with Gasteiger partial charge in [-0.2, -0.15) is 0 Å². The van der Waals surface area contributed by atoms with Gasteiger partial charge in [-0.25, -0.2) is 9.97 Å². The van der Waals surface area contributed by atoms with Crippen LogP contribution >= 0.6 is 0 Å². The molecule has 1 saturated heterocycles. The molecule has 7 heteroatoms. The summed E-state index contributed by atoms with van der Waals surface area (Å²) < 4.78 is 5.32. The first-order valence-corrected chi connectivity index (χ1v) is 9.50. The molecule has 1 aliphatic heterocycles. The van der Waals surface area contributed by atoms with Crippen LogP contribution in [0.3, 0.4) is 0 Å². The van der Waals surface area contributed by atoms with Crippen molar-refractivity contribution < 1.29 is 9.53 Å². The number of hydrogen-bond acceptors (Lipinski definition) is 5. The summed E-state index contributed by atoms with van der Waals surface area (Å²) >= 11 is 0. The highest BCUT2D eigenvalue weighted by Crippen LogP contribution is 2.30. The summed E-state index contributed by atoms with van der Waals surface area (Å²) in [5, 5.41) is 0.979. The Morgan fingerprint density at radius 1 is 1.25 bits per heavy atom. The van der Waals surface area contributed by atoms with E-state index in [1.54, 1.807) is 20.2 Å². The summed E-state index contributed by atoms with van der Waals surface area (Å²) in [4.78, 5) is 28.7. The van der Waals surface area contributed by atoms with Gasteiger partial charge in [0, 0.05) is 49.2 Å². The number of anilines is 1. The van der Waals surface area contributed by atoms with Gasteiger partial charge in [-0.15, -0.1) is 0 Å². The maximum absolute atomic E-state index is 11.9. The first-order valence-electron chi connectivity index (χ1n) is 9.50. The Labute approximate surface area is 164 Å². The third kappa shape index (κ3) is 3.17. The molecule has 0 spiro atoms. The first kappa shape index (κ1) is 18.3. The fourth-order valence-corrected chi connectivity index (χ4v) is 4.19. The van der Waals surface area contributed by atoms with E-state index in [0.29, 0.717) is 5.75 Å². The standard InChI is InChI=1S/C21H25N5O2/c1-13-11-25(12-14(2)26(13)15(3)27)20-7-5-6-19(24-20)18-10-23-21-17(18)8-16(28-4)9-22-21/h5-10,13-14H,11-12H2,1-4H3,(H,22,23)/t13-,14+. The fraction of sp³-hybridized carbons (Fsp3) is 0.381. The minimum atomic E-state index is 0.126. The summed E-state index contributed by atoms with van der Waals surface area (Å²) in [5.41, 5.74) is 2.68. The second-order valence-electron chi connectivity index (χ2n) is 7.38. The molecule has 0 unspecified atom stereocenters. The zero-order valence-electron chi connectivity index (χ0n) is 16.6. The highest BCUT2D eigenvalue weighted by Gasteiger charge is 2.31. The fourth-order valence-electron chi connectivity index (χ4n) is 4.19. The topological polar surface area (TPSA) is 74.3 Å².